The maximum absolute atomic E-state index is 13.6. The van der Waals surface area contributed by atoms with Crippen molar-refractivity contribution in [2.75, 3.05) is 0 Å². The number of rotatable bonds is 2. The van der Waals surface area contributed by atoms with E-state index in [0.717, 1.165) is 18.9 Å². The molecule has 1 fully saturated rings. The minimum absolute atomic E-state index is 0.241. The molecule has 1 nitrogen and oxygen atoms in total. The van der Waals surface area contributed by atoms with Crippen LogP contribution in [-0.4, -0.2) is 5.11 Å². The second kappa shape index (κ2) is 4.13. The van der Waals surface area contributed by atoms with Crippen LogP contribution >= 0.6 is 0 Å². The van der Waals surface area contributed by atoms with Gasteiger partial charge in [-0.15, -0.1) is 0 Å². The molecule has 1 aliphatic rings. The summed E-state index contributed by atoms with van der Waals surface area (Å²) in [4.78, 5) is 0. The first kappa shape index (κ1) is 11.5. The van der Waals surface area contributed by atoms with Gasteiger partial charge in [-0.1, -0.05) is 19.4 Å². The zero-order valence-electron chi connectivity index (χ0n) is 9.34. The fourth-order valence-electron chi connectivity index (χ4n) is 2.58. The van der Waals surface area contributed by atoms with Crippen LogP contribution in [0.5, 0.6) is 0 Å². The Morgan fingerprint density at radius 1 is 1.44 bits per heavy atom. The van der Waals surface area contributed by atoms with Gasteiger partial charge in [0.2, 0.25) is 0 Å². The van der Waals surface area contributed by atoms with E-state index in [1.54, 1.807) is 0 Å². The molecule has 1 aliphatic carbocycles. The lowest BCUT2D eigenvalue weighted by Crippen LogP contribution is -2.23. The number of hydrogen-bond donors (Lipinski definition) is 1. The summed E-state index contributed by atoms with van der Waals surface area (Å²) < 4.78 is 26.4. The minimum atomic E-state index is -1.10. The van der Waals surface area contributed by atoms with Gasteiger partial charge in [0.05, 0.1) is 5.60 Å². The van der Waals surface area contributed by atoms with E-state index in [2.05, 4.69) is 6.92 Å². The molecule has 0 spiro atoms. The van der Waals surface area contributed by atoms with Gasteiger partial charge in [-0.3, -0.25) is 0 Å². The van der Waals surface area contributed by atoms with Gasteiger partial charge < -0.3 is 5.11 Å². The van der Waals surface area contributed by atoms with Crippen molar-refractivity contribution < 1.29 is 13.9 Å². The summed E-state index contributed by atoms with van der Waals surface area (Å²) in [6.45, 7) is 2.07. The van der Waals surface area contributed by atoms with E-state index in [1.807, 2.05) is 0 Å². The molecule has 16 heavy (non-hydrogen) atoms. The molecule has 1 saturated carbocycles. The zero-order chi connectivity index (χ0) is 11.8. The summed E-state index contributed by atoms with van der Waals surface area (Å²) >= 11 is 0. The highest BCUT2D eigenvalue weighted by Crippen LogP contribution is 2.44. The highest BCUT2D eigenvalue weighted by atomic mass is 19.1. The summed E-state index contributed by atoms with van der Waals surface area (Å²) in [5.41, 5.74) is -0.858. The summed E-state index contributed by atoms with van der Waals surface area (Å²) in [6, 6.07) is 3.41. The molecule has 2 unspecified atom stereocenters. The monoisotopic (exact) mass is 226 g/mol. The van der Waals surface area contributed by atoms with E-state index in [-0.39, 0.29) is 5.56 Å². The van der Waals surface area contributed by atoms with Crippen LogP contribution in [0.4, 0.5) is 8.78 Å². The standard InChI is InChI=1S/C13H16F2O/c1-2-9-5-6-13(16,8-9)11-4-3-10(14)7-12(11)15/h3-4,7,9,16H,2,5-6,8H2,1H3. The second-order valence-electron chi connectivity index (χ2n) is 4.67. The van der Waals surface area contributed by atoms with Crippen molar-refractivity contribution in [3.8, 4) is 0 Å². The van der Waals surface area contributed by atoms with Crippen molar-refractivity contribution in [1.29, 1.82) is 0 Å². The molecule has 0 heterocycles. The Balaban J connectivity index is 2.30. The highest BCUT2D eigenvalue weighted by molar-refractivity contribution is 5.26. The van der Waals surface area contributed by atoms with Crippen molar-refractivity contribution >= 4 is 0 Å². The molecule has 1 aromatic rings. The Morgan fingerprint density at radius 3 is 2.75 bits per heavy atom. The lowest BCUT2D eigenvalue weighted by Gasteiger charge is -2.23. The molecule has 0 bridgehead atoms. The number of halogens is 2. The lowest BCUT2D eigenvalue weighted by atomic mass is 9.90. The first-order valence-electron chi connectivity index (χ1n) is 5.73. The first-order chi connectivity index (χ1) is 7.55. The fraction of sp³-hybridized carbons (Fsp3) is 0.538. The largest absolute Gasteiger partial charge is 0.385 e. The SMILES string of the molecule is CCC1CCC(O)(c2ccc(F)cc2F)C1. The van der Waals surface area contributed by atoms with Crippen LogP contribution in [0.3, 0.4) is 0 Å². The van der Waals surface area contributed by atoms with Gasteiger partial charge in [0.15, 0.2) is 0 Å². The van der Waals surface area contributed by atoms with E-state index in [1.165, 1.54) is 12.1 Å². The Bertz CT molecular complexity index is 392. The molecule has 0 radical (unpaired) electrons. The van der Waals surface area contributed by atoms with E-state index in [9.17, 15) is 13.9 Å². The van der Waals surface area contributed by atoms with Crippen LogP contribution in [-0.2, 0) is 5.60 Å². The second-order valence-corrected chi connectivity index (χ2v) is 4.67. The van der Waals surface area contributed by atoms with Gasteiger partial charge in [-0.2, -0.15) is 0 Å². The quantitative estimate of drug-likeness (QED) is 0.819. The van der Waals surface area contributed by atoms with Crippen LogP contribution in [0, 0.1) is 17.6 Å². The molecule has 1 N–H and O–H groups in total. The molecule has 0 aromatic heterocycles. The van der Waals surface area contributed by atoms with Crippen LogP contribution in [0.25, 0.3) is 0 Å². The smallest absolute Gasteiger partial charge is 0.132 e. The molecular formula is C13H16F2O. The van der Waals surface area contributed by atoms with Gasteiger partial charge in [0.1, 0.15) is 11.6 Å². The van der Waals surface area contributed by atoms with Crippen molar-refractivity contribution in [2.45, 2.75) is 38.2 Å². The van der Waals surface area contributed by atoms with Crippen LogP contribution < -0.4 is 0 Å². The van der Waals surface area contributed by atoms with Gasteiger partial charge in [-0.05, 0) is 31.2 Å². The first-order valence-corrected chi connectivity index (χ1v) is 5.73. The van der Waals surface area contributed by atoms with Gasteiger partial charge in [0, 0.05) is 11.6 Å². The van der Waals surface area contributed by atoms with Crippen LogP contribution in [0.1, 0.15) is 38.2 Å². The average molecular weight is 226 g/mol. The predicted octanol–water partition coefficient (Wildman–Crippen LogP) is 3.36. The van der Waals surface area contributed by atoms with Crippen molar-refractivity contribution in [1.82, 2.24) is 0 Å². The Kier molecular flexibility index (Phi) is 2.98. The summed E-state index contributed by atoms with van der Waals surface area (Å²) in [5.74, 6) is -0.802. The minimum Gasteiger partial charge on any atom is -0.385 e. The maximum Gasteiger partial charge on any atom is 0.132 e. The topological polar surface area (TPSA) is 20.2 Å². The fourth-order valence-corrected chi connectivity index (χ4v) is 2.58. The third kappa shape index (κ3) is 1.96. The molecule has 2 atom stereocenters. The van der Waals surface area contributed by atoms with E-state index < -0.39 is 17.2 Å². The average Bonchev–Trinajstić information content (AvgIpc) is 2.61. The Hall–Kier alpha value is -0.960. The zero-order valence-corrected chi connectivity index (χ0v) is 9.34. The van der Waals surface area contributed by atoms with Crippen LogP contribution in [0.2, 0.25) is 0 Å². The summed E-state index contributed by atoms with van der Waals surface area (Å²) in [5, 5.41) is 10.4. The molecule has 0 aliphatic heterocycles. The van der Waals surface area contributed by atoms with E-state index >= 15 is 0 Å². The van der Waals surface area contributed by atoms with Crippen molar-refractivity contribution in [3.05, 3.63) is 35.4 Å². The molecular weight excluding hydrogens is 210 g/mol. The van der Waals surface area contributed by atoms with E-state index in [4.69, 9.17) is 0 Å². The molecule has 0 amide bonds. The predicted molar refractivity (Wildman–Crippen MR) is 57.9 cm³/mol. The summed E-state index contributed by atoms with van der Waals surface area (Å²) in [7, 11) is 0. The van der Waals surface area contributed by atoms with Gasteiger partial charge >= 0.3 is 0 Å². The van der Waals surface area contributed by atoms with Gasteiger partial charge in [0.25, 0.3) is 0 Å². The molecule has 3 heteroatoms. The van der Waals surface area contributed by atoms with Gasteiger partial charge in [-0.25, -0.2) is 8.78 Å². The molecule has 1 aromatic carbocycles. The normalized spacial score (nSPS) is 29.6. The Labute approximate surface area is 94.1 Å². The number of hydrogen-bond acceptors (Lipinski definition) is 1. The number of benzene rings is 1. The molecule has 0 saturated heterocycles. The molecule has 2 rings (SSSR count). The maximum atomic E-state index is 13.6. The van der Waals surface area contributed by atoms with Crippen LogP contribution in [0.15, 0.2) is 18.2 Å². The number of aliphatic hydroxyl groups is 1. The third-order valence-electron chi connectivity index (χ3n) is 3.60. The molecule has 88 valence electrons. The van der Waals surface area contributed by atoms with E-state index in [0.29, 0.717) is 18.8 Å². The summed E-state index contributed by atoms with van der Waals surface area (Å²) in [6.07, 6.45) is 3.04. The van der Waals surface area contributed by atoms with Crippen molar-refractivity contribution in [3.63, 3.8) is 0 Å². The third-order valence-corrected chi connectivity index (χ3v) is 3.60. The highest BCUT2D eigenvalue weighted by Gasteiger charge is 2.39. The lowest BCUT2D eigenvalue weighted by molar-refractivity contribution is 0.0361. The Morgan fingerprint density at radius 2 is 2.19 bits per heavy atom. The van der Waals surface area contributed by atoms with Crippen molar-refractivity contribution in [2.24, 2.45) is 5.92 Å².